The van der Waals surface area contributed by atoms with E-state index in [2.05, 4.69) is 36.5 Å². The molecule has 0 spiro atoms. The lowest BCUT2D eigenvalue weighted by Crippen LogP contribution is -2.50. The molecule has 122 valence electrons. The molecule has 23 heavy (non-hydrogen) atoms. The van der Waals surface area contributed by atoms with Crippen molar-refractivity contribution in [1.82, 2.24) is 5.32 Å². The number of fused-ring (bicyclic) bond motifs is 1. The predicted molar refractivity (Wildman–Crippen MR) is 93.3 cm³/mol. The summed E-state index contributed by atoms with van der Waals surface area (Å²) in [6.45, 7) is 2.16. The minimum atomic E-state index is -0.646. The van der Waals surface area contributed by atoms with Gasteiger partial charge in [0.05, 0.1) is 11.8 Å². The summed E-state index contributed by atoms with van der Waals surface area (Å²) in [5, 5.41) is 12.5. The first kappa shape index (κ1) is 16.4. The van der Waals surface area contributed by atoms with Crippen molar-refractivity contribution in [3.63, 3.8) is 0 Å². The van der Waals surface area contributed by atoms with Crippen LogP contribution in [0.3, 0.4) is 0 Å². The molecule has 1 fully saturated rings. The Morgan fingerprint density at radius 1 is 1.39 bits per heavy atom. The van der Waals surface area contributed by atoms with Crippen LogP contribution in [-0.2, 0) is 17.6 Å². The van der Waals surface area contributed by atoms with E-state index in [-0.39, 0.29) is 5.91 Å². The Morgan fingerprint density at radius 2 is 2.22 bits per heavy atom. The van der Waals surface area contributed by atoms with Crippen LogP contribution >= 0.6 is 11.8 Å². The third-order valence-corrected chi connectivity index (χ3v) is 6.02. The number of hydrogen-bond donors (Lipinski definition) is 1. The van der Waals surface area contributed by atoms with Crippen LogP contribution < -0.4 is 5.32 Å². The number of nitrogens with one attached hydrogen (secondary N) is 1. The summed E-state index contributed by atoms with van der Waals surface area (Å²) in [6.07, 6.45) is 7.32. The van der Waals surface area contributed by atoms with Gasteiger partial charge in [-0.25, -0.2) is 0 Å². The summed E-state index contributed by atoms with van der Waals surface area (Å²) >= 11 is 1.57. The standard InChI is InChI=1S/C19H24N2OS/c1-14-4-3-9-19(11-14,13-20)21-18(22)12-23-17-8-7-15-5-2-6-16(15)10-17/h7-8,10,14H,2-6,9,11-12H2,1H3,(H,21,22). The average Bonchev–Trinajstić information content (AvgIpc) is 3.00. The zero-order chi connectivity index (χ0) is 16.3. The van der Waals surface area contributed by atoms with Gasteiger partial charge in [0.1, 0.15) is 5.54 Å². The quantitative estimate of drug-likeness (QED) is 0.854. The number of carbonyl (C=O) groups is 1. The summed E-state index contributed by atoms with van der Waals surface area (Å²) in [5.74, 6) is 0.871. The largest absolute Gasteiger partial charge is 0.337 e. The van der Waals surface area contributed by atoms with Crippen molar-refractivity contribution in [2.45, 2.75) is 62.3 Å². The molecule has 1 aromatic rings. The van der Waals surface area contributed by atoms with Gasteiger partial charge in [-0.1, -0.05) is 19.4 Å². The molecule has 0 heterocycles. The molecule has 0 aliphatic heterocycles. The summed E-state index contributed by atoms with van der Waals surface area (Å²) in [5.41, 5.74) is 2.25. The van der Waals surface area contributed by atoms with Gasteiger partial charge in [0.15, 0.2) is 0 Å². The molecule has 2 unspecified atom stereocenters. The molecule has 2 aliphatic rings. The first-order valence-electron chi connectivity index (χ1n) is 8.57. The van der Waals surface area contributed by atoms with Crippen molar-refractivity contribution in [3.05, 3.63) is 29.3 Å². The van der Waals surface area contributed by atoms with Crippen LogP contribution in [0.1, 0.15) is 50.2 Å². The molecule has 0 aromatic heterocycles. The molecule has 0 bridgehead atoms. The highest BCUT2D eigenvalue weighted by Crippen LogP contribution is 2.32. The van der Waals surface area contributed by atoms with Crippen molar-refractivity contribution < 1.29 is 4.79 Å². The normalized spacial score (nSPS) is 26.3. The number of nitrogens with zero attached hydrogens (tertiary/aromatic N) is 1. The number of thioether (sulfide) groups is 1. The van der Waals surface area contributed by atoms with E-state index >= 15 is 0 Å². The smallest absolute Gasteiger partial charge is 0.231 e. The fourth-order valence-electron chi connectivity index (χ4n) is 3.88. The molecular weight excluding hydrogens is 304 g/mol. The van der Waals surface area contributed by atoms with Crippen molar-refractivity contribution >= 4 is 17.7 Å². The summed E-state index contributed by atoms with van der Waals surface area (Å²) in [6, 6.07) is 8.91. The van der Waals surface area contributed by atoms with Crippen LogP contribution in [0.15, 0.2) is 23.1 Å². The van der Waals surface area contributed by atoms with E-state index in [1.54, 1.807) is 11.8 Å². The lowest BCUT2D eigenvalue weighted by Gasteiger charge is -2.35. The molecule has 4 heteroatoms. The number of carbonyl (C=O) groups excluding carboxylic acids is 1. The van der Waals surface area contributed by atoms with Gasteiger partial charge in [-0.15, -0.1) is 11.8 Å². The molecule has 3 nitrogen and oxygen atoms in total. The molecular formula is C19H24N2OS. The van der Waals surface area contributed by atoms with Gasteiger partial charge >= 0.3 is 0 Å². The minimum Gasteiger partial charge on any atom is -0.337 e. The molecule has 3 rings (SSSR count). The second-order valence-corrected chi connectivity index (χ2v) is 8.07. The highest BCUT2D eigenvalue weighted by molar-refractivity contribution is 8.00. The lowest BCUT2D eigenvalue weighted by atomic mass is 9.77. The van der Waals surface area contributed by atoms with Crippen molar-refractivity contribution in [3.8, 4) is 6.07 Å². The van der Waals surface area contributed by atoms with Crippen LogP contribution in [0.4, 0.5) is 0 Å². The van der Waals surface area contributed by atoms with Crippen LogP contribution in [0.5, 0.6) is 0 Å². The number of nitriles is 1. The van der Waals surface area contributed by atoms with E-state index in [0.29, 0.717) is 11.7 Å². The van der Waals surface area contributed by atoms with Gasteiger partial charge in [0.2, 0.25) is 5.91 Å². The number of aryl methyl sites for hydroxylation is 2. The van der Waals surface area contributed by atoms with E-state index in [0.717, 1.165) is 37.0 Å². The van der Waals surface area contributed by atoms with E-state index < -0.39 is 5.54 Å². The number of benzene rings is 1. The zero-order valence-corrected chi connectivity index (χ0v) is 14.5. The lowest BCUT2D eigenvalue weighted by molar-refractivity contribution is -0.120. The van der Waals surface area contributed by atoms with Gasteiger partial charge in [0.25, 0.3) is 0 Å². The molecule has 2 atom stereocenters. The molecule has 1 N–H and O–H groups in total. The number of amides is 1. The van der Waals surface area contributed by atoms with Gasteiger partial charge in [-0.2, -0.15) is 5.26 Å². The SMILES string of the molecule is CC1CCCC(C#N)(NC(=O)CSc2ccc3c(c2)CCC3)C1. The van der Waals surface area contributed by atoms with Gasteiger partial charge in [-0.05, 0) is 67.7 Å². The number of rotatable bonds is 4. The van der Waals surface area contributed by atoms with Crippen LogP contribution in [0, 0.1) is 17.2 Å². The highest BCUT2D eigenvalue weighted by Gasteiger charge is 2.36. The molecule has 1 aromatic carbocycles. The molecule has 0 radical (unpaired) electrons. The first-order valence-corrected chi connectivity index (χ1v) is 9.56. The first-order chi connectivity index (χ1) is 11.1. The van der Waals surface area contributed by atoms with Crippen molar-refractivity contribution in [1.29, 1.82) is 5.26 Å². The van der Waals surface area contributed by atoms with E-state index in [9.17, 15) is 10.1 Å². The minimum absolute atomic E-state index is 0.0221. The maximum atomic E-state index is 12.3. The summed E-state index contributed by atoms with van der Waals surface area (Å²) < 4.78 is 0. The zero-order valence-electron chi connectivity index (χ0n) is 13.7. The van der Waals surface area contributed by atoms with Crippen LogP contribution in [0.2, 0.25) is 0 Å². The third-order valence-electron chi connectivity index (χ3n) is 5.03. The van der Waals surface area contributed by atoms with E-state index in [1.807, 2.05) is 0 Å². The molecule has 1 amide bonds. The Labute approximate surface area is 142 Å². The molecule has 2 aliphatic carbocycles. The van der Waals surface area contributed by atoms with Gasteiger partial charge in [0, 0.05) is 4.90 Å². The molecule has 1 saturated carbocycles. The highest BCUT2D eigenvalue weighted by atomic mass is 32.2. The topological polar surface area (TPSA) is 52.9 Å². The Hall–Kier alpha value is -1.47. The van der Waals surface area contributed by atoms with Crippen LogP contribution in [-0.4, -0.2) is 17.2 Å². The number of hydrogen-bond acceptors (Lipinski definition) is 3. The van der Waals surface area contributed by atoms with Gasteiger partial charge < -0.3 is 5.32 Å². The monoisotopic (exact) mass is 328 g/mol. The maximum absolute atomic E-state index is 12.3. The Kier molecular flexibility index (Phi) is 4.96. The Balaban J connectivity index is 1.56. The average molecular weight is 328 g/mol. The van der Waals surface area contributed by atoms with Crippen LogP contribution in [0.25, 0.3) is 0 Å². The predicted octanol–water partition coefficient (Wildman–Crippen LogP) is 3.86. The third kappa shape index (κ3) is 3.90. The second kappa shape index (κ2) is 6.97. The van der Waals surface area contributed by atoms with Crippen molar-refractivity contribution in [2.75, 3.05) is 5.75 Å². The van der Waals surface area contributed by atoms with Crippen molar-refractivity contribution in [2.24, 2.45) is 5.92 Å². The second-order valence-electron chi connectivity index (χ2n) is 7.02. The summed E-state index contributed by atoms with van der Waals surface area (Å²) in [4.78, 5) is 13.5. The maximum Gasteiger partial charge on any atom is 0.231 e. The van der Waals surface area contributed by atoms with E-state index in [4.69, 9.17) is 0 Å². The van der Waals surface area contributed by atoms with Gasteiger partial charge in [-0.3, -0.25) is 4.79 Å². The Morgan fingerprint density at radius 3 is 3.00 bits per heavy atom. The fourth-order valence-corrected chi connectivity index (χ4v) is 4.64. The van der Waals surface area contributed by atoms with E-state index in [1.165, 1.54) is 24.0 Å². The summed E-state index contributed by atoms with van der Waals surface area (Å²) in [7, 11) is 0. The Bertz CT molecular complexity index is 637. The fraction of sp³-hybridized carbons (Fsp3) is 0.579. The molecule has 0 saturated heterocycles.